The number of carboxylic acid groups (broad SMARTS) is 1. The second-order valence-electron chi connectivity index (χ2n) is 21.0. The van der Waals surface area contributed by atoms with Gasteiger partial charge in [0.1, 0.15) is 59.8 Å². The monoisotopic (exact) mass is 1130 g/mol. The molecule has 3 aromatic rings. The van der Waals surface area contributed by atoms with E-state index in [1.54, 1.807) is 70.2 Å². The van der Waals surface area contributed by atoms with Crippen LogP contribution in [0.1, 0.15) is 83.9 Å². The second kappa shape index (κ2) is 31.6. The van der Waals surface area contributed by atoms with Crippen molar-refractivity contribution in [3.8, 4) is 11.5 Å². The van der Waals surface area contributed by atoms with Crippen molar-refractivity contribution in [1.29, 1.82) is 0 Å². The summed E-state index contributed by atoms with van der Waals surface area (Å²) in [5.41, 5.74) is 7.88. The minimum Gasteiger partial charge on any atom is -0.508 e. The first-order valence-electron chi connectivity index (χ1n) is 26.8. The summed E-state index contributed by atoms with van der Waals surface area (Å²) in [6, 6.07) is 8.04. The van der Waals surface area contributed by atoms with Gasteiger partial charge in [-0.1, -0.05) is 82.3 Å². The number of nitrogens with zero attached hydrogens (tertiary/aromatic N) is 1. The summed E-state index contributed by atoms with van der Waals surface area (Å²) in [5, 5.41) is 70.1. The van der Waals surface area contributed by atoms with E-state index in [0.717, 1.165) is 0 Å². The first kappa shape index (κ1) is 65.4. The molecule has 0 saturated carbocycles. The van der Waals surface area contributed by atoms with Crippen LogP contribution < -0.4 is 48.3 Å². The molecule has 15 N–H and O–H groups in total. The molecule has 3 aromatic carbocycles. The van der Waals surface area contributed by atoms with Gasteiger partial charge < -0.3 is 78.7 Å². The quantitative estimate of drug-likeness (QED) is 0.0362. The first-order chi connectivity index (χ1) is 38.3. The zero-order chi connectivity index (χ0) is 60.1. The molecule has 10 atom stereocenters. The van der Waals surface area contributed by atoms with Crippen LogP contribution in [-0.4, -0.2) is 170 Å². The van der Waals surface area contributed by atoms with Crippen molar-refractivity contribution >= 4 is 59.1 Å². The molecule has 0 aliphatic carbocycles. The number of carboxylic acids is 1. The summed E-state index contributed by atoms with van der Waals surface area (Å²) in [4.78, 5) is 136. The Morgan fingerprint density at radius 3 is 1.59 bits per heavy atom. The van der Waals surface area contributed by atoms with Gasteiger partial charge in [-0.05, 0) is 98.7 Å². The fourth-order valence-electron chi connectivity index (χ4n) is 8.87. The molecule has 0 unspecified atom stereocenters. The Morgan fingerprint density at radius 1 is 0.568 bits per heavy atom. The zero-order valence-electron chi connectivity index (χ0n) is 46.3. The summed E-state index contributed by atoms with van der Waals surface area (Å²) >= 11 is 0. The number of benzene rings is 3. The molecule has 4 rings (SSSR count). The molecule has 81 heavy (non-hydrogen) atoms. The van der Waals surface area contributed by atoms with Gasteiger partial charge in [0, 0.05) is 19.4 Å². The number of aliphatic hydroxyl groups excluding tert-OH is 2. The molecule has 1 saturated heterocycles. The molecule has 442 valence electrons. The lowest BCUT2D eigenvalue weighted by Gasteiger charge is -2.31. The third-order valence-corrected chi connectivity index (χ3v) is 13.2. The fraction of sp³-hybridized carbons (Fsp3) is 0.500. The topological polar surface area (TPSA) is 397 Å². The number of hydrogen-bond acceptors (Lipinski definition) is 15. The molecule has 9 amide bonds. The van der Waals surface area contributed by atoms with Crippen LogP contribution in [0.4, 0.5) is 0 Å². The number of carbonyl (C=O) groups is 10. The van der Waals surface area contributed by atoms with Crippen molar-refractivity contribution in [3.63, 3.8) is 0 Å². The maximum atomic E-state index is 14.7. The number of hydrogen-bond donors (Lipinski definition) is 14. The van der Waals surface area contributed by atoms with Crippen molar-refractivity contribution in [2.24, 2.45) is 17.6 Å². The molecule has 25 nitrogen and oxygen atoms in total. The maximum absolute atomic E-state index is 14.7. The predicted molar refractivity (Wildman–Crippen MR) is 294 cm³/mol. The van der Waals surface area contributed by atoms with E-state index < -0.39 is 133 Å². The summed E-state index contributed by atoms with van der Waals surface area (Å²) in [6.45, 7) is 8.03. The summed E-state index contributed by atoms with van der Waals surface area (Å²) in [5.74, 6) is -9.32. The highest BCUT2D eigenvalue weighted by atomic mass is 16.4. The highest BCUT2D eigenvalue weighted by molar-refractivity contribution is 5.98. The number of amides is 9. The molecular weight excluding hydrogens is 1050 g/mol. The highest BCUT2D eigenvalue weighted by Gasteiger charge is 2.41. The second-order valence-corrected chi connectivity index (χ2v) is 21.0. The standard InChI is InChI=1S/C56H78N10O15/c1-30(2)23-40(60-48(72)39(57)25-35-14-18-37(69)19-15-35)50(74)64-44(29-67)52(76)63-43(27-36-16-20-38(70)21-17-36)55(79)66-22-10-13-45(66)53(77)61-41(24-31(3)4)51(75)65-47(33(6)68)54(78)62-42(26-34-11-8-7-9-12-34)49(73)58-28-46(71)59-32(5)56(80)81/h7-9,11-12,14-21,30-33,39-45,47,67-70H,10,13,22-29,57H2,1-6H3,(H,58,73)(H,59,71)(H,60,72)(H,61,77)(H,62,78)(H,63,76)(H,64,74)(H,65,75)(H,80,81)/t32-,33+,39-,40-,41-,42-,43-,44-,45-,47-/m0/s1. The Balaban J connectivity index is 1.51. The molecule has 1 aliphatic rings. The van der Waals surface area contributed by atoms with Gasteiger partial charge in [-0.25, -0.2) is 0 Å². The van der Waals surface area contributed by atoms with Gasteiger partial charge in [0.15, 0.2) is 0 Å². The molecule has 0 radical (unpaired) electrons. The lowest BCUT2D eigenvalue weighted by atomic mass is 10.0. The smallest absolute Gasteiger partial charge is 0.325 e. The number of rotatable bonds is 30. The first-order valence-corrected chi connectivity index (χ1v) is 26.8. The minimum absolute atomic E-state index is 0.0100. The molecule has 25 heteroatoms. The lowest BCUT2D eigenvalue weighted by Crippen LogP contribution is -2.62. The molecular formula is C56H78N10O15. The van der Waals surface area contributed by atoms with E-state index in [-0.39, 0.29) is 68.4 Å². The molecule has 0 spiro atoms. The Kier molecular flexibility index (Phi) is 25.5. The number of phenolic OH excluding ortho intramolecular Hbond substituents is 2. The van der Waals surface area contributed by atoms with E-state index in [4.69, 9.17) is 10.8 Å². The highest BCUT2D eigenvalue weighted by Crippen LogP contribution is 2.22. The van der Waals surface area contributed by atoms with Crippen LogP contribution in [0.2, 0.25) is 0 Å². The number of phenols is 2. The summed E-state index contributed by atoms with van der Waals surface area (Å²) < 4.78 is 0. The van der Waals surface area contributed by atoms with Gasteiger partial charge in [0.25, 0.3) is 0 Å². The molecule has 0 aromatic heterocycles. The van der Waals surface area contributed by atoms with Crippen molar-refractivity contribution in [2.45, 2.75) is 147 Å². The van der Waals surface area contributed by atoms with E-state index >= 15 is 0 Å². The predicted octanol–water partition coefficient (Wildman–Crippen LogP) is -1.48. The third-order valence-electron chi connectivity index (χ3n) is 13.2. The van der Waals surface area contributed by atoms with Gasteiger partial charge in [-0.2, -0.15) is 0 Å². The van der Waals surface area contributed by atoms with Crippen molar-refractivity contribution in [3.05, 3.63) is 95.6 Å². The van der Waals surface area contributed by atoms with Crippen LogP contribution in [-0.2, 0) is 67.2 Å². The average Bonchev–Trinajstić information content (AvgIpc) is 3.97. The summed E-state index contributed by atoms with van der Waals surface area (Å²) in [7, 11) is 0. The van der Waals surface area contributed by atoms with Crippen LogP contribution in [0.3, 0.4) is 0 Å². The van der Waals surface area contributed by atoms with Gasteiger partial charge in [-0.3, -0.25) is 47.9 Å². The van der Waals surface area contributed by atoms with Crippen LogP contribution in [0, 0.1) is 11.8 Å². The van der Waals surface area contributed by atoms with Gasteiger partial charge >= 0.3 is 5.97 Å². The van der Waals surface area contributed by atoms with Gasteiger partial charge in [0.2, 0.25) is 53.2 Å². The number of aromatic hydroxyl groups is 2. The number of carbonyl (C=O) groups excluding carboxylic acids is 9. The number of aliphatic hydroxyl groups is 2. The largest absolute Gasteiger partial charge is 0.508 e. The van der Waals surface area contributed by atoms with E-state index in [2.05, 4.69) is 42.5 Å². The average molecular weight is 1130 g/mol. The summed E-state index contributed by atoms with van der Waals surface area (Å²) in [6.07, 6.45) is -1.23. The zero-order valence-corrected chi connectivity index (χ0v) is 46.3. The fourth-order valence-corrected chi connectivity index (χ4v) is 8.87. The van der Waals surface area contributed by atoms with Crippen molar-refractivity contribution in [1.82, 2.24) is 47.4 Å². The minimum atomic E-state index is -1.70. The Hall–Kier alpha value is -8.16. The van der Waals surface area contributed by atoms with Crippen LogP contribution in [0.5, 0.6) is 11.5 Å². The maximum Gasteiger partial charge on any atom is 0.325 e. The Labute approximate surface area is 469 Å². The lowest BCUT2D eigenvalue weighted by molar-refractivity contribution is -0.143. The molecule has 1 heterocycles. The number of nitrogens with two attached hydrogens (primary N) is 1. The van der Waals surface area contributed by atoms with Crippen LogP contribution in [0.15, 0.2) is 78.9 Å². The number of likely N-dealkylation sites (tertiary alicyclic amines) is 1. The SMILES string of the molecule is CC(C)C[C@H](NC(=O)[C@@H](N)Cc1ccc(O)cc1)C(=O)N[C@@H](CO)C(=O)N[C@@H](Cc1ccc(O)cc1)C(=O)N1CCC[C@H]1C(=O)N[C@@H](CC(C)C)C(=O)N[C@H](C(=O)N[C@@H](Cc1ccccc1)C(=O)NCC(=O)N[C@@H](C)C(=O)O)[C@@H](C)O. The number of nitrogens with one attached hydrogen (secondary N) is 8. The Bertz CT molecular complexity index is 2640. The van der Waals surface area contributed by atoms with E-state index in [0.29, 0.717) is 23.1 Å². The van der Waals surface area contributed by atoms with Crippen LogP contribution in [0.25, 0.3) is 0 Å². The third kappa shape index (κ3) is 21.1. The van der Waals surface area contributed by atoms with E-state index in [9.17, 15) is 68.4 Å². The van der Waals surface area contributed by atoms with E-state index in [1.807, 2.05) is 0 Å². The Morgan fingerprint density at radius 2 is 1.05 bits per heavy atom. The van der Waals surface area contributed by atoms with E-state index in [1.165, 1.54) is 55.1 Å². The van der Waals surface area contributed by atoms with Gasteiger partial charge in [0.05, 0.1) is 25.3 Å². The van der Waals surface area contributed by atoms with Crippen molar-refractivity contribution < 1.29 is 73.5 Å². The number of aliphatic carboxylic acids is 1. The normalized spacial score (nSPS) is 16.4. The van der Waals surface area contributed by atoms with Crippen molar-refractivity contribution in [2.75, 3.05) is 19.7 Å². The molecule has 0 bridgehead atoms. The molecule has 1 fully saturated rings. The van der Waals surface area contributed by atoms with Gasteiger partial charge in [-0.15, -0.1) is 0 Å². The van der Waals surface area contributed by atoms with Crippen LogP contribution >= 0.6 is 0 Å². The molecule has 1 aliphatic heterocycles.